The summed E-state index contributed by atoms with van der Waals surface area (Å²) in [5, 5.41) is 3.11. The Morgan fingerprint density at radius 3 is 2.83 bits per heavy atom. The maximum Gasteiger partial charge on any atom is 0.115 e. The van der Waals surface area contributed by atoms with Crippen LogP contribution in [0.15, 0.2) is 24.3 Å². The fraction of sp³-hybridized carbons (Fsp3) is 0.400. The van der Waals surface area contributed by atoms with E-state index in [0.717, 1.165) is 11.1 Å². The van der Waals surface area contributed by atoms with Crippen LogP contribution in [0, 0.1) is 0 Å². The molecule has 0 aliphatic carbocycles. The van der Waals surface area contributed by atoms with Gasteiger partial charge in [0, 0.05) is 6.04 Å². The van der Waals surface area contributed by atoms with Crippen LogP contribution in [0.1, 0.15) is 24.1 Å². The van der Waals surface area contributed by atoms with E-state index in [2.05, 4.69) is 12.2 Å². The molecule has 0 bridgehead atoms. The molecule has 1 unspecified atom stereocenters. The van der Waals surface area contributed by atoms with Crippen LogP contribution in [0.4, 0.5) is 4.39 Å². The van der Waals surface area contributed by atoms with E-state index in [1.807, 2.05) is 25.2 Å². The lowest BCUT2D eigenvalue weighted by Gasteiger charge is -2.10. The molecule has 0 amide bonds. The predicted octanol–water partition coefficient (Wildman–Crippen LogP) is 2.44. The molecule has 0 aliphatic heterocycles. The summed E-state index contributed by atoms with van der Waals surface area (Å²) < 4.78 is 12.3. The third kappa shape index (κ3) is 2.05. The summed E-state index contributed by atoms with van der Waals surface area (Å²) in [7, 11) is 1.90. The second kappa shape index (κ2) is 4.21. The van der Waals surface area contributed by atoms with E-state index in [0.29, 0.717) is 0 Å². The van der Waals surface area contributed by atoms with Crippen molar-refractivity contribution in [2.75, 3.05) is 7.05 Å². The van der Waals surface area contributed by atoms with E-state index in [1.165, 1.54) is 0 Å². The number of rotatable bonds is 3. The van der Waals surface area contributed by atoms with Crippen molar-refractivity contribution in [3.05, 3.63) is 35.4 Å². The lowest BCUT2D eigenvalue weighted by molar-refractivity contribution is 0.484. The van der Waals surface area contributed by atoms with Gasteiger partial charge in [0.25, 0.3) is 0 Å². The Morgan fingerprint density at radius 2 is 2.25 bits per heavy atom. The van der Waals surface area contributed by atoms with Gasteiger partial charge in [-0.25, -0.2) is 4.39 Å². The van der Waals surface area contributed by atoms with Crippen molar-refractivity contribution >= 4 is 0 Å². The molecule has 1 N–H and O–H groups in total. The van der Waals surface area contributed by atoms with Gasteiger partial charge < -0.3 is 5.32 Å². The quantitative estimate of drug-likeness (QED) is 0.729. The van der Waals surface area contributed by atoms with E-state index < -0.39 is 0 Å². The minimum absolute atomic E-state index is 0.288. The zero-order valence-electron chi connectivity index (χ0n) is 7.47. The van der Waals surface area contributed by atoms with Gasteiger partial charge in [0.2, 0.25) is 0 Å². The van der Waals surface area contributed by atoms with Crippen LogP contribution >= 0.6 is 0 Å². The molecule has 0 radical (unpaired) electrons. The van der Waals surface area contributed by atoms with E-state index in [1.54, 1.807) is 6.07 Å². The highest BCUT2D eigenvalue weighted by atomic mass is 19.1. The summed E-state index contributed by atoms with van der Waals surface area (Å²) in [6.07, 6.45) is 0. The zero-order valence-corrected chi connectivity index (χ0v) is 7.47. The molecule has 0 heterocycles. The first-order valence-corrected chi connectivity index (χ1v) is 4.10. The van der Waals surface area contributed by atoms with E-state index in [-0.39, 0.29) is 12.7 Å². The Labute approximate surface area is 72.6 Å². The van der Waals surface area contributed by atoms with Gasteiger partial charge in [-0.3, -0.25) is 0 Å². The van der Waals surface area contributed by atoms with Crippen molar-refractivity contribution in [2.45, 2.75) is 19.6 Å². The largest absolute Gasteiger partial charge is 0.313 e. The van der Waals surface area contributed by atoms with E-state index in [4.69, 9.17) is 0 Å². The van der Waals surface area contributed by atoms with Gasteiger partial charge in [0.15, 0.2) is 0 Å². The van der Waals surface area contributed by atoms with Gasteiger partial charge in [-0.15, -0.1) is 0 Å². The molecule has 0 aromatic heterocycles. The van der Waals surface area contributed by atoms with Gasteiger partial charge in [-0.2, -0.15) is 0 Å². The SMILES string of the molecule is CNC(C)c1cccc(CF)c1. The molecular weight excluding hydrogens is 153 g/mol. The fourth-order valence-corrected chi connectivity index (χ4v) is 1.11. The van der Waals surface area contributed by atoms with Gasteiger partial charge in [0.05, 0.1) is 0 Å². The van der Waals surface area contributed by atoms with Crippen LogP contribution in [0.25, 0.3) is 0 Å². The van der Waals surface area contributed by atoms with Crippen molar-refractivity contribution < 1.29 is 4.39 Å². The Bertz CT molecular complexity index is 247. The minimum atomic E-state index is -0.385. The Hall–Kier alpha value is -0.890. The van der Waals surface area contributed by atoms with Crippen LogP contribution in [0.5, 0.6) is 0 Å². The molecule has 1 rings (SSSR count). The third-order valence-corrected chi connectivity index (χ3v) is 2.04. The van der Waals surface area contributed by atoms with Crippen LogP contribution in [-0.2, 0) is 6.67 Å². The average molecular weight is 167 g/mol. The smallest absolute Gasteiger partial charge is 0.115 e. The number of hydrogen-bond acceptors (Lipinski definition) is 1. The van der Waals surface area contributed by atoms with Gasteiger partial charge in [0.1, 0.15) is 6.67 Å². The first kappa shape index (κ1) is 9.20. The molecule has 0 spiro atoms. The maximum atomic E-state index is 12.3. The standard InChI is InChI=1S/C10H14FN/c1-8(12-2)10-5-3-4-9(6-10)7-11/h3-6,8,12H,7H2,1-2H3. The number of nitrogens with one attached hydrogen (secondary N) is 1. The summed E-state index contributed by atoms with van der Waals surface area (Å²) in [6, 6.07) is 7.86. The molecule has 1 nitrogen and oxygen atoms in total. The van der Waals surface area contributed by atoms with Crippen LogP contribution in [0.3, 0.4) is 0 Å². The zero-order chi connectivity index (χ0) is 8.97. The van der Waals surface area contributed by atoms with Crippen molar-refractivity contribution in [1.29, 1.82) is 0 Å². The van der Waals surface area contributed by atoms with Crippen molar-refractivity contribution in [2.24, 2.45) is 0 Å². The Morgan fingerprint density at radius 1 is 1.50 bits per heavy atom. The molecule has 1 aromatic carbocycles. The van der Waals surface area contributed by atoms with Crippen molar-refractivity contribution in [3.8, 4) is 0 Å². The summed E-state index contributed by atoms with van der Waals surface area (Å²) in [6.45, 7) is 1.67. The average Bonchev–Trinajstić information content (AvgIpc) is 2.17. The maximum absolute atomic E-state index is 12.3. The number of alkyl halides is 1. The molecule has 0 saturated heterocycles. The molecule has 1 atom stereocenters. The molecule has 12 heavy (non-hydrogen) atoms. The topological polar surface area (TPSA) is 12.0 Å². The summed E-state index contributed by atoms with van der Waals surface area (Å²) in [5.74, 6) is 0. The Kier molecular flexibility index (Phi) is 3.23. The number of benzene rings is 1. The molecule has 2 heteroatoms. The number of hydrogen-bond donors (Lipinski definition) is 1. The fourth-order valence-electron chi connectivity index (χ4n) is 1.11. The minimum Gasteiger partial charge on any atom is -0.313 e. The molecule has 0 fully saturated rings. The molecule has 0 aliphatic rings. The Balaban J connectivity index is 2.86. The first-order chi connectivity index (χ1) is 5.77. The van der Waals surface area contributed by atoms with E-state index in [9.17, 15) is 4.39 Å². The molecular formula is C10H14FN. The monoisotopic (exact) mass is 167 g/mol. The van der Waals surface area contributed by atoms with Gasteiger partial charge in [-0.05, 0) is 25.1 Å². The highest BCUT2D eigenvalue weighted by Gasteiger charge is 2.01. The van der Waals surface area contributed by atoms with Crippen LogP contribution in [0.2, 0.25) is 0 Å². The van der Waals surface area contributed by atoms with Gasteiger partial charge >= 0.3 is 0 Å². The lowest BCUT2D eigenvalue weighted by Crippen LogP contribution is -2.12. The van der Waals surface area contributed by atoms with Crippen LogP contribution in [-0.4, -0.2) is 7.05 Å². The highest BCUT2D eigenvalue weighted by Crippen LogP contribution is 2.13. The van der Waals surface area contributed by atoms with Gasteiger partial charge in [-0.1, -0.05) is 24.3 Å². The van der Waals surface area contributed by atoms with Crippen molar-refractivity contribution in [1.82, 2.24) is 5.32 Å². The molecule has 66 valence electrons. The lowest BCUT2D eigenvalue weighted by atomic mass is 10.1. The highest BCUT2D eigenvalue weighted by molar-refractivity contribution is 5.25. The van der Waals surface area contributed by atoms with E-state index >= 15 is 0 Å². The first-order valence-electron chi connectivity index (χ1n) is 4.10. The predicted molar refractivity (Wildman–Crippen MR) is 48.7 cm³/mol. The van der Waals surface area contributed by atoms with Crippen molar-refractivity contribution in [3.63, 3.8) is 0 Å². The molecule has 1 aromatic rings. The normalized spacial score (nSPS) is 12.9. The number of halogens is 1. The summed E-state index contributed by atoms with van der Waals surface area (Å²) in [4.78, 5) is 0. The van der Waals surface area contributed by atoms with Crippen LogP contribution < -0.4 is 5.32 Å². The third-order valence-electron chi connectivity index (χ3n) is 2.04. The molecule has 0 saturated carbocycles. The summed E-state index contributed by atoms with van der Waals surface area (Å²) in [5.41, 5.74) is 1.88. The second-order valence-electron chi connectivity index (χ2n) is 2.89. The summed E-state index contributed by atoms with van der Waals surface area (Å²) >= 11 is 0. The second-order valence-corrected chi connectivity index (χ2v) is 2.89.